The number of benzene rings is 2. The molecule has 4 aromatic rings. The summed E-state index contributed by atoms with van der Waals surface area (Å²) in [4.78, 5) is 33.2. The number of nitrogens with one attached hydrogen (secondary N) is 1. The highest BCUT2D eigenvalue weighted by Gasteiger charge is 2.67. The van der Waals surface area contributed by atoms with Crippen LogP contribution in [0.15, 0.2) is 73.1 Å². The highest BCUT2D eigenvalue weighted by Crippen LogP contribution is 2.60. The Morgan fingerprint density at radius 3 is 2.47 bits per heavy atom. The van der Waals surface area contributed by atoms with Crippen LogP contribution in [0.25, 0.3) is 16.6 Å². The second-order valence-electron chi connectivity index (χ2n) is 10.1. The molecule has 2 aliphatic carbocycles. The number of fused-ring (bicyclic) bond motifs is 1. The molecule has 8 heteroatoms. The fourth-order valence-corrected chi connectivity index (χ4v) is 5.52. The molecule has 2 amide bonds. The number of rotatable bonds is 5. The fraction of sp³-hybridized carbons (Fsp3) is 0.286. The Balaban J connectivity index is 1.31. The quantitative estimate of drug-likeness (QED) is 0.460. The summed E-state index contributed by atoms with van der Waals surface area (Å²) in [5, 5.41) is 8.56. The van der Waals surface area contributed by atoms with E-state index in [1.807, 2.05) is 36.4 Å². The molecule has 2 saturated carbocycles. The minimum absolute atomic E-state index is 0.00947. The second kappa shape index (κ2) is 7.71. The maximum atomic E-state index is 13.9. The number of hydrogen-bond acceptors (Lipinski definition) is 4. The predicted molar refractivity (Wildman–Crippen MR) is 132 cm³/mol. The van der Waals surface area contributed by atoms with Crippen molar-refractivity contribution in [2.75, 3.05) is 4.90 Å². The van der Waals surface area contributed by atoms with Crippen LogP contribution in [0.3, 0.4) is 0 Å². The molecule has 1 spiro atoms. The molecule has 180 valence electrons. The summed E-state index contributed by atoms with van der Waals surface area (Å²) < 4.78 is 15.1. The molecule has 3 aliphatic rings. The number of pyridine rings is 1. The van der Waals surface area contributed by atoms with Gasteiger partial charge in [-0.1, -0.05) is 30.3 Å². The van der Waals surface area contributed by atoms with Crippen LogP contribution in [0.4, 0.5) is 10.2 Å². The van der Waals surface area contributed by atoms with Gasteiger partial charge in [0, 0.05) is 11.3 Å². The van der Waals surface area contributed by atoms with Crippen LogP contribution in [0.1, 0.15) is 37.3 Å². The van der Waals surface area contributed by atoms with Crippen molar-refractivity contribution < 1.29 is 14.0 Å². The van der Waals surface area contributed by atoms with Crippen molar-refractivity contribution in [1.82, 2.24) is 20.1 Å². The number of anilines is 1. The molecule has 3 heterocycles. The van der Waals surface area contributed by atoms with Gasteiger partial charge < -0.3 is 5.32 Å². The Morgan fingerprint density at radius 2 is 1.78 bits per heavy atom. The van der Waals surface area contributed by atoms with Gasteiger partial charge in [-0.15, -0.1) is 0 Å². The van der Waals surface area contributed by atoms with Gasteiger partial charge in [0.2, 0.25) is 11.8 Å². The summed E-state index contributed by atoms with van der Waals surface area (Å²) in [7, 11) is 0. The van der Waals surface area contributed by atoms with Crippen molar-refractivity contribution in [3.63, 3.8) is 0 Å². The lowest BCUT2D eigenvalue weighted by atomic mass is 9.91. The third-order valence-corrected chi connectivity index (χ3v) is 7.77. The van der Waals surface area contributed by atoms with Gasteiger partial charge in [-0.3, -0.25) is 14.5 Å². The van der Waals surface area contributed by atoms with Gasteiger partial charge in [-0.25, -0.2) is 14.1 Å². The summed E-state index contributed by atoms with van der Waals surface area (Å²) in [5.41, 5.74) is 1.87. The summed E-state index contributed by atoms with van der Waals surface area (Å²) >= 11 is 0. The van der Waals surface area contributed by atoms with Gasteiger partial charge in [0.15, 0.2) is 0 Å². The topological polar surface area (TPSA) is 80.1 Å². The third-order valence-electron chi connectivity index (χ3n) is 7.77. The van der Waals surface area contributed by atoms with Crippen LogP contribution in [0.2, 0.25) is 0 Å². The van der Waals surface area contributed by atoms with Crippen molar-refractivity contribution in [3.05, 3.63) is 84.4 Å². The molecule has 3 fully saturated rings. The van der Waals surface area contributed by atoms with Crippen LogP contribution in [-0.2, 0) is 9.59 Å². The van der Waals surface area contributed by atoms with Crippen LogP contribution < -0.4 is 10.2 Å². The van der Waals surface area contributed by atoms with Crippen LogP contribution in [-0.4, -0.2) is 32.6 Å². The van der Waals surface area contributed by atoms with Crippen LogP contribution in [0.5, 0.6) is 0 Å². The first-order chi connectivity index (χ1) is 17.5. The van der Waals surface area contributed by atoms with Crippen LogP contribution in [0, 0.1) is 17.2 Å². The van der Waals surface area contributed by atoms with E-state index in [9.17, 15) is 14.0 Å². The molecule has 2 aromatic carbocycles. The first-order valence-corrected chi connectivity index (χ1v) is 12.3. The maximum absolute atomic E-state index is 13.9. The average Bonchev–Trinajstić information content (AvgIpc) is 3.82. The first kappa shape index (κ1) is 21.2. The van der Waals surface area contributed by atoms with E-state index >= 15 is 0 Å². The standard InChI is InChI=1S/C28H24FN5O2/c29-20-8-10-21(11-9-20)34-22-16-30-23(14-19(22)15-31-34)33-24(17-4-2-1-3-5-17)25(28(12-13-28)27(33)36)32-26(35)18-6-7-18/h1-5,8-11,14-16,18,24-25H,6-7,12-13H2,(H,32,35)/t24?,25-/m1/s1. The van der Waals surface area contributed by atoms with Crippen molar-refractivity contribution in [2.24, 2.45) is 11.3 Å². The smallest absolute Gasteiger partial charge is 0.237 e. The molecule has 2 atom stereocenters. The number of carbonyl (C=O) groups excluding carboxylic acids is 2. The molecule has 0 radical (unpaired) electrons. The van der Waals surface area contributed by atoms with E-state index in [1.54, 1.807) is 34.1 Å². The normalized spacial score (nSPS) is 22.4. The lowest BCUT2D eigenvalue weighted by Gasteiger charge is -2.29. The zero-order chi connectivity index (χ0) is 24.4. The highest BCUT2D eigenvalue weighted by atomic mass is 19.1. The van der Waals surface area contributed by atoms with E-state index in [2.05, 4.69) is 10.4 Å². The molecule has 7 nitrogen and oxygen atoms in total. The number of halogens is 1. The Morgan fingerprint density at radius 1 is 1.03 bits per heavy atom. The van der Waals surface area contributed by atoms with Crippen molar-refractivity contribution in [3.8, 4) is 5.69 Å². The molecule has 1 aliphatic heterocycles. The predicted octanol–water partition coefficient (Wildman–Crippen LogP) is 4.32. The van der Waals surface area contributed by atoms with Gasteiger partial charge in [0.1, 0.15) is 11.6 Å². The first-order valence-electron chi connectivity index (χ1n) is 12.3. The molecule has 1 N–H and O–H groups in total. The number of nitrogens with zero attached hydrogens (tertiary/aromatic N) is 4. The summed E-state index contributed by atoms with van der Waals surface area (Å²) in [6, 6.07) is 17.2. The summed E-state index contributed by atoms with van der Waals surface area (Å²) in [5.74, 6) is 0.344. The molecule has 0 bridgehead atoms. The summed E-state index contributed by atoms with van der Waals surface area (Å²) in [6.07, 6.45) is 6.76. The Kier molecular flexibility index (Phi) is 4.55. The average molecular weight is 482 g/mol. The summed E-state index contributed by atoms with van der Waals surface area (Å²) in [6.45, 7) is 0. The molecular formula is C28H24FN5O2. The molecule has 2 aromatic heterocycles. The molecular weight excluding hydrogens is 457 g/mol. The van der Waals surface area contributed by atoms with E-state index in [0.717, 1.165) is 47.8 Å². The van der Waals surface area contributed by atoms with E-state index in [0.29, 0.717) is 5.82 Å². The van der Waals surface area contributed by atoms with Crippen molar-refractivity contribution in [1.29, 1.82) is 0 Å². The van der Waals surface area contributed by atoms with E-state index in [4.69, 9.17) is 4.98 Å². The van der Waals surface area contributed by atoms with Gasteiger partial charge in [-0.05, 0) is 61.6 Å². The maximum Gasteiger partial charge on any atom is 0.237 e. The lowest BCUT2D eigenvalue weighted by molar-refractivity contribution is -0.124. The monoisotopic (exact) mass is 481 g/mol. The van der Waals surface area contributed by atoms with Gasteiger partial charge >= 0.3 is 0 Å². The Hall–Kier alpha value is -4.07. The highest BCUT2D eigenvalue weighted by molar-refractivity contribution is 6.04. The zero-order valence-corrected chi connectivity index (χ0v) is 19.5. The van der Waals surface area contributed by atoms with Gasteiger partial charge in [0.25, 0.3) is 0 Å². The van der Waals surface area contributed by atoms with E-state index in [-0.39, 0.29) is 35.6 Å². The minimum Gasteiger partial charge on any atom is -0.350 e. The second-order valence-corrected chi connectivity index (χ2v) is 10.1. The fourth-order valence-electron chi connectivity index (χ4n) is 5.52. The Labute approximate surface area is 206 Å². The van der Waals surface area contributed by atoms with Crippen molar-refractivity contribution >= 4 is 28.5 Å². The van der Waals surface area contributed by atoms with Crippen LogP contribution >= 0.6 is 0 Å². The lowest BCUT2D eigenvalue weighted by Crippen LogP contribution is -2.44. The Bertz CT molecular complexity index is 1490. The largest absolute Gasteiger partial charge is 0.350 e. The molecule has 1 saturated heterocycles. The SMILES string of the molecule is O=C(N[C@@H]1C(c2ccccc2)N(c2cc3cnn(-c4ccc(F)cc4)c3cn2)C(=O)C12CC2)C1CC1. The zero-order valence-electron chi connectivity index (χ0n) is 19.5. The van der Waals surface area contributed by atoms with Gasteiger partial charge in [0.05, 0.1) is 41.1 Å². The van der Waals surface area contributed by atoms with E-state index < -0.39 is 5.41 Å². The molecule has 7 rings (SSSR count). The molecule has 1 unspecified atom stereocenters. The number of amides is 2. The third kappa shape index (κ3) is 3.24. The molecule has 36 heavy (non-hydrogen) atoms. The number of carbonyl (C=O) groups is 2. The van der Waals surface area contributed by atoms with E-state index in [1.165, 1.54) is 12.1 Å². The minimum atomic E-state index is -0.583. The number of hydrogen-bond donors (Lipinski definition) is 1. The van der Waals surface area contributed by atoms with Gasteiger partial charge in [-0.2, -0.15) is 5.10 Å². The number of aromatic nitrogens is 3. The van der Waals surface area contributed by atoms with Crippen molar-refractivity contribution in [2.45, 2.75) is 37.8 Å².